The van der Waals surface area contributed by atoms with Gasteiger partial charge in [-0.25, -0.2) is 8.78 Å². The number of nitrogens with zero attached hydrogens (tertiary/aromatic N) is 1. The molecule has 3 rings (SSSR count). The zero-order chi connectivity index (χ0) is 16.9. The van der Waals surface area contributed by atoms with Crippen molar-refractivity contribution >= 4 is 28.2 Å². The first-order valence-corrected chi connectivity index (χ1v) is 8.10. The largest absolute Gasteiger partial charge is 0.362 e. The summed E-state index contributed by atoms with van der Waals surface area (Å²) in [6.07, 6.45) is 0.758. The van der Waals surface area contributed by atoms with Gasteiger partial charge in [0.15, 0.2) is 0 Å². The van der Waals surface area contributed by atoms with Crippen molar-refractivity contribution in [2.24, 2.45) is 0 Å². The highest BCUT2D eigenvalue weighted by Gasteiger charge is 2.40. The smallest absolute Gasteiger partial charge is 0.262 e. The number of halogens is 3. The van der Waals surface area contributed by atoms with Crippen LogP contribution in [0, 0.1) is 0 Å². The van der Waals surface area contributed by atoms with Gasteiger partial charge in [0.05, 0.1) is 17.1 Å². The molecule has 0 aliphatic carbocycles. The standard InChI is InChI=1S/C17H19ClF2N2O/c1-4-12-9(2)15-13(22(12)8-17(3,19)20)6-5-11-16(15)10(18)7-14(23)21-11/h5-7,9,12H,4,8H2,1-3H3,(H,21,23). The number of aromatic nitrogens is 1. The maximum absolute atomic E-state index is 13.6. The third kappa shape index (κ3) is 2.71. The second-order valence-corrected chi connectivity index (χ2v) is 6.77. The molecule has 124 valence electrons. The summed E-state index contributed by atoms with van der Waals surface area (Å²) < 4.78 is 27.3. The van der Waals surface area contributed by atoms with Gasteiger partial charge in [-0.1, -0.05) is 25.4 Å². The van der Waals surface area contributed by atoms with E-state index in [9.17, 15) is 13.6 Å². The summed E-state index contributed by atoms with van der Waals surface area (Å²) in [4.78, 5) is 16.2. The second-order valence-electron chi connectivity index (χ2n) is 6.36. The summed E-state index contributed by atoms with van der Waals surface area (Å²) >= 11 is 6.30. The van der Waals surface area contributed by atoms with Crippen molar-refractivity contribution in [2.75, 3.05) is 11.4 Å². The number of nitrogens with one attached hydrogen (secondary N) is 1. The molecular formula is C17H19ClF2N2O. The van der Waals surface area contributed by atoms with Crippen molar-refractivity contribution in [3.8, 4) is 0 Å². The average Bonchev–Trinajstić information content (AvgIpc) is 2.68. The van der Waals surface area contributed by atoms with E-state index in [1.165, 1.54) is 6.07 Å². The Hall–Kier alpha value is -1.62. The van der Waals surface area contributed by atoms with Crippen molar-refractivity contribution < 1.29 is 8.78 Å². The zero-order valence-corrected chi connectivity index (χ0v) is 14.0. The minimum atomic E-state index is -2.78. The average molecular weight is 341 g/mol. The number of aromatic amines is 1. The molecule has 1 N–H and O–H groups in total. The Balaban J connectivity index is 2.25. The summed E-state index contributed by atoms with van der Waals surface area (Å²) in [6.45, 7) is 4.64. The quantitative estimate of drug-likeness (QED) is 0.890. The van der Waals surface area contributed by atoms with Crippen LogP contribution in [0.3, 0.4) is 0 Å². The number of anilines is 1. The highest BCUT2D eigenvalue weighted by Crippen LogP contribution is 2.47. The lowest BCUT2D eigenvalue weighted by Gasteiger charge is -2.30. The lowest BCUT2D eigenvalue weighted by atomic mass is 9.92. The summed E-state index contributed by atoms with van der Waals surface area (Å²) in [5.41, 5.74) is 2.11. The number of pyridine rings is 1. The van der Waals surface area contributed by atoms with Gasteiger partial charge in [0.2, 0.25) is 5.56 Å². The van der Waals surface area contributed by atoms with E-state index in [0.29, 0.717) is 10.5 Å². The van der Waals surface area contributed by atoms with Crippen LogP contribution in [0.15, 0.2) is 23.0 Å². The molecule has 2 heterocycles. The molecule has 0 bridgehead atoms. The fourth-order valence-electron chi connectivity index (χ4n) is 3.75. The van der Waals surface area contributed by atoms with E-state index in [0.717, 1.165) is 30.0 Å². The minimum absolute atomic E-state index is 0.00980. The Kier molecular flexibility index (Phi) is 3.87. The normalized spacial score (nSPS) is 21.0. The lowest BCUT2D eigenvalue weighted by Crippen LogP contribution is -2.40. The molecule has 0 spiro atoms. The number of rotatable bonds is 3. The number of benzene rings is 1. The first kappa shape index (κ1) is 16.2. The van der Waals surface area contributed by atoms with Crippen LogP contribution in [0.5, 0.6) is 0 Å². The van der Waals surface area contributed by atoms with Crippen LogP contribution < -0.4 is 10.5 Å². The van der Waals surface area contributed by atoms with Crippen LogP contribution in [0.2, 0.25) is 5.02 Å². The van der Waals surface area contributed by atoms with Gasteiger partial charge < -0.3 is 9.88 Å². The number of hydrogen-bond acceptors (Lipinski definition) is 2. The molecule has 0 saturated heterocycles. The summed E-state index contributed by atoms with van der Waals surface area (Å²) in [6, 6.07) is 4.88. The van der Waals surface area contributed by atoms with Crippen molar-refractivity contribution in [1.29, 1.82) is 0 Å². The van der Waals surface area contributed by atoms with Gasteiger partial charge in [-0.05, 0) is 24.1 Å². The summed E-state index contributed by atoms with van der Waals surface area (Å²) in [5.74, 6) is -2.72. The maximum atomic E-state index is 13.6. The van der Waals surface area contributed by atoms with Crippen LogP contribution in [0.1, 0.15) is 38.7 Å². The van der Waals surface area contributed by atoms with Gasteiger partial charge in [-0.15, -0.1) is 0 Å². The van der Waals surface area contributed by atoms with Gasteiger partial charge in [0.1, 0.15) is 0 Å². The van der Waals surface area contributed by atoms with Crippen LogP contribution in [0.4, 0.5) is 14.5 Å². The van der Waals surface area contributed by atoms with Gasteiger partial charge in [0.25, 0.3) is 5.92 Å². The maximum Gasteiger partial charge on any atom is 0.262 e. The molecule has 0 fully saturated rings. The molecule has 2 atom stereocenters. The fraction of sp³-hybridized carbons (Fsp3) is 0.471. The molecule has 3 nitrogen and oxygen atoms in total. The van der Waals surface area contributed by atoms with Crippen molar-refractivity contribution in [3.63, 3.8) is 0 Å². The first-order chi connectivity index (χ1) is 10.7. The molecule has 2 unspecified atom stereocenters. The SMILES string of the molecule is CCC1C(C)c2c(ccc3[nH]c(=O)cc(Cl)c23)N1CC(C)(F)F. The highest BCUT2D eigenvalue weighted by atomic mass is 35.5. The predicted molar refractivity (Wildman–Crippen MR) is 90.0 cm³/mol. The molecule has 1 aliphatic rings. The van der Waals surface area contributed by atoms with Crippen LogP contribution in [-0.2, 0) is 0 Å². The first-order valence-electron chi connectivity index (χ1n) is 7.73. The van der Waals surface area contributed by atoms with E-state index >= 15 is 0 Å². The molecule has 6 heteroatoms. The Morgan fingerprint density at radius 2 is 2.09 bits per heavy atom. The van der Waals surface area contributed by atoms with Crippen molar-refractivity contribution in [1.82, 2.24) is 4.98 Å². The Labute approximate surface area is 138 Å². The highest BCUT2D eigenvalue weighted by molar-refractivity contribution is 6.35. The minimum Gasteiger partial charge on any atom is -0.362 e. The number of alkyl halides is 2. The third-order valence-electron chi connectivity index (χ3n) is 4.59. The molecule has 1 aliphatic heterocycles. The number of hydrogen-bond donors (Lipinski definition) is 1. The molecule has 0 radical (unpaired) electrons. The van der Waals surface area contributed by atoms with Gasteiger partial charge in [-0.3, -0.25) is 4.79 Å². The molecule has 2 aromatic rings. The Morgan fingerprint density at radius 3 is 2.70 bits per heavy atom. The molecule has 23 heavy (non-hydrogen) atoms. The van der Waals surface area contributed by atoms with E-state index in [1.54, 1.807) is 11.0 Å². The Morgan fingerprint density at radius 1 is 1.39 bits per heavy atom. The van der Waals surface area contributed by atoms with E-state index in [2.05, 4.69) is 4.98 Å². The zero-order valence-electron chi connectivity index (χ0n) is 13.3. The topological polar surface area (TPSA) is 36.1 Å². The summed E-state index contributed by atoms with van der Waals surface area (Å²) in [5, 5.41) is 1.13. The van der Waals surface area contributed by atoms with Crippen LogP contribution in [0.25, 0.3) is 10.9 Å². The van der Waals surface area contributed by atoms with Crippen LogP contribution in [-0.4, -0.2) is 23.5 Å². The fourth-order valence-corrected chi connectivity index (χ4v) is 4.06. The van der Waals surface area contributed by atoms with Gasteiger partial charge in [0, 0.05) is 36.0 Å². The van der Waals surface area contributed by atoms with E-state index in [4.69, 9.17) is 11.6 Å². The Bertz CT molecular complexity index is 813. The van der Waals surface area contributed by atoms with Crippen molar-refractivity contribution in [2.45, 2.75) is 45.1 Å². The van der Waals surface area contributed by atoms with Crippen LogP contribution >= 0.6 is 11.6 Å². The number of fused-ring (bicyclic) bond motifs is 3. The molecule has 0 amide bonds. The molecular weight excluding hydrogens is 322 g/mol. The summed E-state index contributed by atoms with van der Waals surface area (Å²) in [7, 11) is 0. The molecule has 1 aromatic carbocycles. The third-order valence-corrected chi connectivity index (χ3v) is 4.88. The van der Waals surface area contributed by atoms with Gasteiger partial charge >= 0.3 is 0 Å². The van der Waals surface area contributed by atoms with E-state index in [-0.39, 0.29) is 24.1 Å². The van der Waals surface area contributed by atoms with Crippen molar-refractivity contribution in [3.05, 3.63) is 39.1 Å². The van der Waals surface area contributed by atoms with E-state index < -0.39 is 5.92 Å². The second kappa shape index (κ2) is 5.48. The monoisotopic (exact) mass is 340 g/mol. The molecule has 0 saturated carbocycles. The van der Waals surface area contributed by atoms with Gasteiger partial charge in [-0.2, -0.15) is 0 Å². The van der Waals surface area contributed by atoms with E-state index in [1.807, 2.05) is 19.9 Å². The predicted octanol–water partition coefficient (Wildman–Crippen LogP) is 4.54. The molecule has 1 aromatic heterocycles. The lowest BCUT2D eigenvalue weighted by molar-refractivity contribution is 0.0282. The number of H-pyrrole nitrogens is 1.